The number of carboxylic acids is 1. The Morgan fingerprint density at radius 1 is 0.971 bits per heavy atom. The molecule has 0 atom stereocenters. The number of ketones is 1. The first-order chi connectivity index (χ1) is 15.5. The van der Waals surface area contributed by atoms with E-state index in [1.165, 1.54) is 25.6 Å². The number of anilines is 1. The summed E-state index contributed by atoms with van der Waals surface area (Å²) in [7, 11) is 0. The number of hydrazine groups is 1. The van der Waals surface area contributed by atoms with Crippen LogP contribution in [0.2, 0.25) is 0 Å². The first-order valence-corrected chi connectivity index (χ1v) is 14.5. The number of carboxylic acid groups (broad SMARTS) is 1. The molecule has 188 valence electrons. The number of carbonyl (C=O) groups is 2. The number of fused-ring (bicyclic) bond motifs is 1. The Balaban J connectivity index is 0.000000477. The highest BCUT2D eigenvalue weighted by Crippen LogP contribution is 2.43. The Morgan fingerprint density at radius 2 is 1.38 bits per heavy atom. The summed E-state index contributed by atoms with van der Waals surface area (Å²) in [5, 5.41) is 7.42. The molecular formula is C24H31I4N3O3. The quantitative estimate of drug-likeness (QED) is 0.162. The lowest BCUT2D eigenvalue weighted by atomic mass is 9.82. The number of nitrogens with one attached hydrogen (secondary N) is 1. The molecule has 2 aromatic rings. The molecule has 0 saturated heterocycles. The minimum atomic E-state index is -0.833. The number of aliphatic imine (C=N–C) groups is 1. The van der Waals surface area contributed by atoms with Crippen LogP contribution in [-0.4, -0.2) is 22.6 Å². The fourth-order valence-electron chi connectivity index (χ4n) is 2.41. The van der Waals surface area contributed by atoms with Gasteiger partial charge in [-0.15, -0.1) is 0 Å². The van der Waals surface area contributed by atoms with Crippen molar-refractivity contribution in [3.05, 3.63) is 50.2 Å². The van der Waals surface area contributed by atoms with Gasteiger partial charge in [-0.2, -0.15) is 0 Å². The monoisotopic (exact) mass is 917 g/mol. The third-order valence-electron chi connectivity index (χ3n) is 4.69. The molecule has 1 aliphatic heterocycles. The average molecular weight is 917 g/mol. The molecule has 0 aliphatic carbocycles. The predicted molar refractivity (Wildman–Crippen MR) is 176 cm³/mol. The third-order valence-corrected chi connectivity index (χ3v) is 7.41. The van der Waals surface area contributed by atoms with Gasteiger partial charge in [0.25, 0.3) is 5.97 Å². The molecule has 1 heterocycles. The lowest BCUT2D eigenvalue weighted by molar-refractivity contribution is -0.134. The highest BCUT2D eigenvalue weighted by Gasteiger charge is 2.34. The molecule has 1 aliphatic rings. The van der Waals surface area contributed by atoms with Crippen LogP contribution in [0, 0.1) is 20.2 Å². The van der Waals surface area contributed by atoms with E-state index in [1.807, 2.05) is 26.0 Å². The number of Topliss-reactive ketones (excluding diaryl/α,β-unsaturated/α-hetero) is 1. The van der Waals surface area contributed by atoms with Crippen molar-refractivity contribution in [3.8, 4) is 0 Å². The van der Waals surface area contributed by atoms with Crippen LogP contribution < -0.4 is 11.3 Å². The van der Waals surface area contributed by atoms with Crippen molar-refractivity contribution < 1.29 is 14.7 Å². The van der Waals surface area contributed by atoms with E-state index in [2.05, 4.69) is 140 Å². The van der Waals surface area contributed by atoms with Gasteiger partial charge in [0.05, 0.1) is 11.4 Å². The fourth-order valence-corrected chi connectivity index (χ4v) is 6.83. The fraction of sp³-hybridized carbons (Fsp3) is 0.375. The molecule has 0 unspecified atom stereocenters. The Bertz CT molecular complexity index is 1010. The molecule has 3 rings (SSSR count). The smallest absolute Gasteiger partial charge is 0.300 e. The first-order valence-electron chi connectivity index (χ1n) is 10.2. The van der Waals surface area contributed by atoms with E-state index in [0.29, 0.717) is 0 Å². The van der Waals surface area contributed by atoms with Crippen molar-refractivity contribution in [2.45, 2.75) is 53.9 Å². The molecule has 0 aromatic heterocycles. The molecule has 0 spiro atoms. The molecule has 0 fully saturated rings. The summed E-state index contributed by atoms with van der Waals surface area (Å²) in [6, 6.07) is 10.4. The maximum Gasteiger partial charge on any atom is 0.300 e. The number of nitrogen functional groups attached to an aromatic ring is 1. The lowest BCUT2D eigenvalue weighted by Gasteiger charge is -2.21. The van der Waals surface area contributed by atoms with Crippen LogP contribution in [0.25, 0.3) is 0 Å². The number of carbonyl (C=O) groups excluding carboxylic acids is 1. The van der Waals surface area contributed by atoms with E-state index in [-0.39, 0.29) is 17.1 Å². The van der Waals surface area contributed by atoms with E-state index >= 15 is 0 Å². The highest BCUT2D eigenvalue weighted by atomic mass is 127. The van der Waals surface area contributed by atoms with Gasteiger partial charge in [-0.05, 0) is 135 Å². The van der Waals surface area contributed by atoms with E-state index in [1.54, 1.807) is 6.92 Å². The van der Waals surface area contributed by atoms with E-state index in [9.17, 15) is 4.79 Å². The molecule has 4 N–H and O–H groups in total. The van der Waals surface area contributed by atoms with Gasteiger partial charge in [-0.25, -0.2) is 0 Å². The second kappa shape index (κ2) is 15.9. The molecule has 34 heavy (non-hydrogen) atoms. The molecule has 0 amide bonds. The summed E-state index contributed by atoms with van der Waals surface area (Å²) in [5.74, 6) is 4.87. The van der Waals surface area contributed by atoms with Crippen LogP contribution in [0.3, 0.4) is 0 Å². The molecule has 10 heteroatoms. The largest absolute Gasteiger partial charge is 0.481 e. The molecule has 0 saturated carbocycles. The number of aliphatic carboxylic acids is 1. The summed E-state index contributed by atoms with van der Waals surface area (Å²) < 4.78 is 4.98. The van der Waals surface area contributed by atoms with Crippen molar-refractivity contribution in [2.24, 2.45) is 16.8 Å². The molecule has 0 radical (unpaired) electrons. The zero-order valence-electron chi connectivity index (χ0n) is 20.3. The van der Waals surface area contributed by atoms with Crippen LogP contribution in [-0.2, 0) is 15.0 Å². The summed E-state index contributed by atoms with van der Waals surface area (Å²) in [6.45, 7) is 13.1. The Kier molecular flexibility index (Phi) is 15.9. The van der Waals surface area contributed by atoms with Gasteiger partial charge in [-0.1, -0.05) is 27.7 Å². The predicted octanol–water partition coefficient (Wildman–Crippen LogP) is 7.78. The summed E-state index contributed by atoms with van der Waals surface area (Å²) in [4.78, 5) is 23.8. The Hall–Kier alpha value is -0.0700. The van der Waals surface area contributed by atoms with Crippen molar-refractivity contribution in [1.82, 2.24) is 0 Å². The minimum Gasteiger partial charge on any atom is -0.481 e. The topological polar surface area (TPSA) is 105 Å². The number of nitrogens with two attached hydrogens (primary N) is 1. The summed E-state index contributed by atoms with van der Waals surface area (Å²) in [6.07, 6.45) is 0. The lowest BCUT2D eigenvalue weighted by Crippen LogP contribution is -2.23. The maximum atomic E-state index is 10.1. The molecular weight excluding hydrogens is 886 g/mol. The number of rotatable bonds is 2. The second-order valence-electron chi connectivity index (χ2n) is 8.19. The first kappa shape index (κ1) is 33.9. The minimum absolute atomic E-state index is 0.107. The van der Waals surface area contributed by atoms with Gasteiger partial charge >= 0.3 is 0 Å². The van der Waals surface area contributed by atoms with Gasteiger partial charge in [-0.3, -0.25) is 20.4 Å². The number of benzene rings is 2. The van der Waals surface area contributed by atoms with Crippen LogP contribution >= 0.6 is 90.4 Å². The average Bonchev–Trinajstić information content (AvgIpc) is 2.89. The molecule has 2 aromatic carbocycles. The van der Waals surface area contributed by atoms with Crippen molar-refractivity contribution in [1.29, 1.82) is 0 Å². The molecule has 6 nitrogen and oxygen atoms in total. The van der Waals surface area contributed by atoms with Crippen molar-refractivity contribution in [3.63, 3.8) is 0 Å². The maximum absolute atomic E-state index is 10.1. The third kappa shape index (κ3) is 12.3. The van der Waals surface area contributed by atoms with Crippen LogP contribution in [0.4, 0.5) is 11.4 Å². The van der Waals surface area contributed by atoms with Gasteiger partial charge in [0.2, 0.25) is 0 Å². The zero-order chi connectivity index (χ0) is 26.8. The second-order valence-corrected chi connectivity index (χ2v) is 13.1. The van der Waals surface area contributed by atoms with E-state index < -0.39 is 5.97 Å². The number of nitrogens with zero attached hydrogens (tertiary/aromatic N) is 1. The van der Waals surface area contributed by atoms with Crippen LogP contribution in [0.5, 0.6) is 0 Å². The standard InChI is InChI=1S/C11H11I2N.C6H6I2N2.C5H10O.C2H4O2/c1-6-11(2,3)10-8(13)4-7(12)5-9(10)14-6;7-4-1-5(8)3-6(2-4)10-9;1-4(2)5(3)6;1-2(3)4/h4-5H,1-3H3;1-3,10H,9H2;4H,1-3H3;1H3,(H,3,4). The highest BCUT2D eigenvalue weighted by molar-refractivity contribution is 14.1. The number of halogens is 4. The van der Waals surface area contributed by atoms with Crippen LogP contribution in [0.15, 0.2) is 35.3 Å². The molecule has 0 bridgehead atoms. The van der Waals surface area contributed by atoms with Gasteiger partial charge < -0.3 is 10.5 Å². The zero-order valence-corrected chi connectivity index (χ0v) is 28.9. The van der Waals surface area contributed by atoms with Crippen LogP contribution in [0.1, 0.15) is 54.0 Å². The number of hydrogen-bond donors (Lipinski definition) is 3. The van der Waals surface area contributed by atoms with Gasteiger partial charge in [0.1, 0.15) is 5.78 Å². The SMILES string of the molecule is CC(=O)C(C)C.CC(=O)O.CC1=Nc2cc(I)cc(I)c2C1(C)C.NNc1cc(I)cc(I)c1. The van der Waals surface area contributed by atoms with E-state index in [0.717, 1.165) is 18.3 Å². The summed E-state index contributed by atoms with van der Waals surface area (Å²) in [5.41, 5.74) is 7.42. The summed E-state index contributed by atoms with van der Waals surface area (Å²) >= 11 is 9.26. The van der Waals surface area contributed by atoms with Crippen molar-refractivity contribution in [2.75, 3.05) is 5.43 Å². The Labute approximate surface area is 257 Å². The number of hydrogen-bond acceptors (Lipinski definition) is 5. The van der Waals surface area contributed by atoms with E-state index in [4.69, 9.17) is 15.7 Å². The van der Waals surface area contributed by atoms with Crippen molar-refractivity contribution >= 4 is 119 Å². The van der Waals surface area contributed by atoms with Gasteiger partial charge in [0.15, 0.2) is 0 Å². The Morgan fingerprint density at radius 3 is 1.76 bits per heavy atom. The van der Waals surface area contributed by atoms with Gasteiger partial charge in [0, 0.05) is 43.8 Å². The normalized spacial score (nSPS) is 12.6.